The van der Waals surface area contributed by atoms with Crippen LogP contribution < -0.4 is 5.73 Å². The Bertz CT molecular complexity index is 614. The standard InChI is InChI=1S/C31H55NO4.ClH/c1-3-4-5-6-7-8-9-10-11-12-13-14-15-16-17-21-24-34-26-30(27-36-31(33)28(2)32)35-25-29-22-19-18-20-23-29;/h18-20,22-23,28,30H,3-17,21,24-27,32H2,1-2H3;1H/t28?,30-;/m1./s1. The van der Waals surface area contributed by atoms with Crippen molar-refractivity contribution >= 4 is 18.4 Å². The van der Waals surface area contributed by atoms with Crippen LogP contribution in [0.3, 0.4) is 0 Å². The molecule has 0 spiro atoms. The molecular weight excluding hydrogens is 486 g/mol. The topological polar surface area (TPSA) is 70.8 Å². The molecule has 0 fully saturated rings. The predicted molar refractivity (Wildman–Crippen MR) is 157 cm³/mol. The lowest BCUT2D eigenvalue weighted by Gasteiger charge is -2.19. The Labute approximate surface area is 234 Å². The van der Waals surface area contributed by atoms with E-state index < -0.39 is 12.0 Å². The summed E-state index contributed by atoms with van der Waals surface area (Å²) >= 11 is 0. The molecule has 5 nitrogen and oxygen atoms in total. The summed E-state index contributed by atoms with van der Waals surface area (Å²) in [5, 5.41) is 0. The molecule has 1 unspecified atom stereocenters. The summed E-state index contributed by atoms with van der Waals surface area (Å²) in [5.41, 5.74) is 6.67. The van der Waals surface area contributed by atoms with E-state index in [2.05, 4.69) is 6.92 Å². The van der Waals surface area contributed by atoms with Gasteiger partial charge in [-0.3, -0.25) is 4.79 Å². The van der Waals surface area contributed by atoms with Gasteiger partial charge in [-0.1, -0.05) is 134 Å². The first kappa shape index (κ1) is 35.9. The second-order valence-electron chi connectivity index (χ2n) is 10.2. The fourth-order valence-corrected chi connectivity index (χ4v) is 4.21. The van der Waals surface area contributed by atoms with Crippen molar-refractivity contribution in [3.05, 3.63) is 35.9 Å². The van der Waals surface area contributed by atoms with Crippen molar-refractivity contribution in [2.45, 2.75) is 135 Å². The third-order valence-corrected chi connectivity index (χ3v) is 6.56. The Morgan fingerprint density at radius 2 is 1.24 bits per heavy atom. The summed E-state index contributed by atoms with van der Waals surface area (Å²) in [5.74, 6) is -0.416. The zero-order valence-corrected chi connectivity index (χ0v) is 24.6. The van der Waals surface area contributed by atoms with Gasteiger partial charge in [0.1, 0.15) is 18.8 Å². The summed E-state index contributed by atoms with van der Waals surface area (Å²) < 4.78 is 17.1. The molecule has 1 aromatic carbocycles. The molecule has 0 radical (unpaired) electrons. The molecule has 0 aliphatic rings. The van der Waals surface area contributed by atoms with Crippen LogP contribution in [-0.4, -0.2) is 37.9 Å². The SMILES string of the molecule is CCCCCCCCCCCCCCCCCCOC[C@H](COC(=O)C(C)N)OCc1ccccc1.Cl. The molecule has 37 heavy (non-hydrogen) atoms. The minimum atomic E-state index is -0.634. The van der Waals surface area contributed by atoms with Crippen molar-refractivity contribution in [3.63, 3.8) is 0 Å². The van der Waals surface area contributed by atoms with E-state index in [0.29, 0.717) is 19.8 Å². The number of halogens is 1. The molecule has 0 aromatic heterocycles. The Morgan fingerprint density at radius 3 is 1.73 bits per heavy atom. The summed E-state index contributed by atoms with van der Waals surface area (Å²) in [6, 6.07) is 9.35. The van der Waals surface area contributed by atoms with Crippen LogP contribution in [0.15, 0.2) is 30.3 Å². The minimum absolute atomic E-state index is 0. The first-order valence-corrected chi connectivity index (χ1v) is 14.8. The normalized spacial score (nSPS) is 12.6. The molecule has 0 saturated heterocycles. The van der Waals surface area contributed by atoms with Gasteiger partial charge in [-0.2, -0.15) is 0 Å². The van der Waals surface area contributed by atoms with Crippen molar-refractivity contribution < 1.29 is 19.0 Å². The summed E-state index contributed by atoms with van der Waals surface area (Å²) in [4.78, 5) is 11.7. The second kappa shape index (κ2) is 26.5. The van der Waals surface area contributed by atoms with Gasteiger partial charge >= 0.3 is 5.97 Å². The molecule has 0 saturated carbocycles. The Morgan fingerprint density at radius 1 is 0.757 bits per heavy atom. The van der Waals surface area contributed by atoms with Crippen molar-refractivity contribution in [2.24, 2.45) is 5.73 Å². The minimum Gasteiger partial charge on any atom is -0.462 e. The lowest BCUT2D eigenvalue weighted by Crippen LogP contribution is -2.33. The van der Waals surface area contributed by atoms with Gasteiger partial charge < -0.3 is 19.9 Å². The largest absolute Gasteiger partial charge is 0.462 e. The number of nitrogens with two attached hydrogens (primary N) is 1. The third kappa shape index (κ3) is 22.5. The highest BCUT2D eigenvalue weighted by Gasteiger charge is 2.15. The fraction of sp³-hybridized carbons (Fsp3) is 0.774. The van der Waals surface area contributed by atoms with Crippen molar-refractivity contribution in [1.29, 1.82) is 0 Å². The van der Waals surface area contributed by atoms with Crippen molar-refractivity contribution in [2.75, 3.05) is 19.8 Å². The Hall–Kier alpha value is -1.14. The number of carbonyl (C=O) groups is 1. The quantitative estimate of drug-likeness (QED) is 0.0998. The summed E-state index contributed by atoms with van der Waals surface area (Å²) in [6.07, 6.45) is 21.5. The van der Waals surface area contributed by atoms with Gasteiger partial charge in [0.05, 0.1) is 13.2 Å². The zero-order valence-electron chi connectivity index (χ0n) is 23.8. The van der Waals surface area contributed by atoms with E-state index >= 15 is 0 Å². The molecule has 0 amide bonds. The van der Waals surface area contributed by atoms with E-state index in [-0.39, 0.29) is 25.1 Å². The molecule has 1 aromatic rings. The molecule has 0 heterocycles. The van der Waals surface area contributed by atoms with Crippen LogP contribution in [0.2, 0.25) is 0 Å². The van der Waals surface area contributed by atoms with E-state index in [0.717, 1.165) is 12.0 Å². The molecule has 2 N–H and O–H groups in total. The highest BCUT2D eigenvalue weighted by molar-refractivity contribution is 5.85. The number of carbonyl (C=O) groups excluding carboxylic acids is 1. The predicted octanol–water partition coefficient (Wildman–Crippen LogP) is 8.16. The van der Waals surface area contributed by atoms with Crippen LogP contribution in [0.25, 0.3) is 0 Å². The maximum Gasteiger partial charge on any atom is 0.322 e. The fourth-order valence-electron chi connectivity index (χ4n) is 4.21. The van der Waals surface area contributed by atoms with E-state index in [1.165, 1.54) is 96.3 Å². The zero-order chi connectivity index (χ0) is 26.1. The number of hydrogen-bond acceptors (Lipinski definition) is 5. The van der Waals surface area contributed by atoms with Gasteiger partial charge in [0.2, 0.25) is 0 Å². The molecular formula is C31H56ClNO4. The number of ether oxygens (including phenoxy) is 3. The monoisotopic (exact) mass is 541 g/mol. The van der Waals surface area contributed by atoms with Crippen LogP contribution in [0.5, 0.6) is 0 Å². The summed E-state index contributed by atoms with van der Waals surface area (Å²) in [7, 11) is 0. The first-order valence-electron chi connectivity index (χ1n) is 14.8. The number of hydrogen-bond donors (Lipinski definition) is 1. The smallest absolute Gasteiger partial charge is 0.322 e. The van der Waals surface area contributed by atoms with Gasteiger partial charge in [-0.15, -0.1) is 12.4 Å². The highest BCUT2D eigenvalue weighted by Crippen LogP contribution is 2.14. The van der Waals surface area contributed by atoms with E-state index in [1.807, 2.05) is 30.3 Å². The van der Waals surface area contributed by atoms with Crippen molar-refractivity contribution in [3.8, 4) is 0 Å². The van der Waals surface area contributed by atoms with E-state index in [4.69, 9.17) is 19.9 Å². The molecule has 6 heteroatoms. The number of esters is 1. The third-order valence-electron chi connectivity index (χ3n) is 6.56. The van der Waals surface area contributed by atoms with Gasteiger partial charge in [-0.25, -0.2) is 0 Å². The van der Waals surface area contributed by atoms with Crippen LogP contribution >= 0.6 is 12.4 Å². The van der Waals surface area contributed by atoms with Crippen LogP contribution in [0.4, 0.5) is 0 Å². The van der Waals surface area contributed by atoms with Crippen LogP contribution in [-0.2, 0) is 25.6 Å². The van der Waals surface area contributed by atoms with Crippen LogP contribution in [0.1, 0.15) is 122 Å². The van der Waals surface area contributed by atoms with E-state index in [9.17, 15) is 4.79 Å². The molecule has 0 aliphatic heterocycles. The maximum atomic E-state index is 11.7. The number of unbranched alkanes of at least 4 members (excludes halogenated alkanes) is 15. The summed E-state index contributed by atoms with van der Waals surface area (Å²) in [6.45, 7) is 5.65. The van der Waals surface area contributed by atoms with Gasteiger partial charge in [0, 0.05) is 6.61 Å². The second-order valence-corrected chi connectivity index (χ2v) is 10.2. The number of rotatable bonds is 25. The lowest BCUT2D eigenvalue weighted by molar-refractivity contribution is -0.151. The van der Waals surface area contributed by atoms with Gasteiger partial charge in [0.15, 0.2) is 0 Å². The Kier molecular flexibility index (Phi) is 25.7. The Balaban J connectivity index is 0.0000130. The van der Waals surface area contributed by atoms with Gasteiger partial charge in [0.25, 0.3) is 0 Å². The van der Waals surface area contributed by atoms with Crippen molar-refractivity contribution in [1.82, 2.24) is 0 Å². The highest BCUT2D eigenvalue weighted by atomic mass is 35.5. The van der Waals surface area contributed by atoms with E-state index in [1.54, 1.807) is 6.92 Å². The van der Waals surface area contributed by atoms with Gasteiger partial charge in [-0.05, 0) is 18.9 Å². The maximum absolute atomic E-state index is 11.7. The average Bonchev–Trinajstić information content (AvgIpc) is 2.89. The lowest BCUT2D eigenvalue weighted by atomic mass is 10.0. The first-order chi connectivity index (χ1) is 17.6. The number of benzene rings is 1. The van der Waals surface area contributed by atoms with Crippen LogP contribution in [0, 0.1) is 0 Å². The molecule has 0 bridgehead atoms. The molecule has 2 atom stereocenters. The molecule has 1 rings (SSSR count). The molecule has 216 valence electrons. The molecule has 0 aliphatic carbocycles. The average molecular weight is 542 g/mol.